The molecular formula is C11H9N3O2. The van der Waals surface area contributed by atoms with Crippen LogP contribution in [-0.2, 0) is 0 Å². The summed E-state index contributed by atoms with van der Waals surface area (Å²) in [5, 5.41) is 8.93. The molecule has 0 aliphatic heterocycles. The summed E-state index contributed by atoms with van der Waals surface area (Å²) in [6, 6.07) is 5.30. The summed E-state index contributed by atoms with van der Waals surface area (Å²) in [5.74, 6) is -0.735. The van der Waals surface area contributed by atoms with E-state index in [1.165, 1.54) is 6.20 Å². The Morgan fingerprint density at radius 1 is 1.31 bits per heavy atom. The van der Waals surface area contributed by atoms with Crippen molar-refractivity contribution < 1.29 is 9.90 Å². The second-order valence-electron chi connectivity index (χ2n) is 3.25. The van der Waals surface area contributed by atoms with Gasteiger partial charge in [0.15, 0.2) is 11.5 Å². The summed E-state index contributed by atoms with van der Waals surface area (Å²) in [5.41, 5.74) is 1.10. The Labute approximate surface area is 91.8 Å². The lowest BCUT2D eigenvalue weighted by molar-refractivity contribution is 0.0689. The number of nitrogens with zero attached hydrogens (tertiary/aromatic N) is 3. The molecule has 1 N–H and O–H groups in total. The minimum atomic E-state index is -1.06. The minimum absolute atomic E-state index is 0.00986. The van der Waals surface area contributed by atoms with Gasteiger partial charge in [0.1, 0.15) is 5.69 Å². The summed E-state index contributed by atoms with van der Waals surface area (Å²) < 4.78 is 0. The lowest BCUT2D eigenvalue weighted by Gasteiger charge is -2.02. The maximum Gasteiger partial charge on any atom is 0.354 e. The fraction of sp³-hybridized carbons (Fsp3) is 0.0909. The molecule has 0 aliphatic rings. The van der Waals surface area contributed by atoms with Gasteiger partial charge in [0, 0.05) is 18.0 Å². The van der Waals surface area contributed by atoms with E-state index in [0.29, 0.717) is 17.1 Å². The van der Waals surface area contributed by atoms with E-state index in [9.17, 15) is 4.79 Å². The van der Waals surface area contributed by atoms with Gasteiger partial charge in [-0.15, -0.1) is 0 Å². The molecule has 0 saturated heterocycles. The van der Waals surface area contributed by atoms with Gasteiger partial charge in [-0.1, -0.05) is 6.07 Å². The van der Waals surface area contributed by atoms with Crippen molar-refractivity contribution in [2.24, 2.45) is 0 Å². The summed E-state index contributed by atoms with van der Waals surface area (Å²) in [4.78, 5) is 23.0. The van der Waals surface area contributed by atoms with Crippen LogP contribution in [0.2, 0.25) is 0 Å². The number of carbonyl (C=O) groups is 1. The van der Waals surface area contributed by atoms with Crippen molar-refractivity contribution in [3.63, 3.8) is 0 Å². The van der Waals surface area contributed by atoms with E-state index in [1.54, 1.807) is 31.3 Å². The number of aromatic carboxylic acids is 1. The lowest BCUT2D eigenvalue weighted by atomic mass is 10.2. The number of rotatable bonds is 2. The van der Waals surface area contributed by atoms with Crippen molar-refractivity contribution in [2.75, 3.05) is 0 Å². The van der Waals surface area contributed by atoms with Crippen LogP contribution in [0.4, 0.5) is 0 Å². The molecule has 0 atom stereocenters. The SMILES string of the molecule is Cc1cnc(-c2ccccn2)nc1C(=O)O. The molecule has 2 aromatic rings. The number of aryl methyl sites for hydroxylation is 1. The highest BCUT2D eigenvalue weighted by molar-refractivity contribution is 5.87. The Kier molecular flexibility index (Phi) is 2.59. The highest BCUT2D eigenvalue weighted by Crippen LogP contribution is 2.12. The van der Waals surface area contributed by atoms with Gasteiger partial charge in [-0.25, -0.2) is 14.8 Å². The molecule has 0 aliphatic carbocycles. The smallest absolute Gasteiger partial charge is 0.354 e. The topological polar surface area (TPSA) is 76.0 Å². The fourth-order valence-corrected chi connectivity index (χ4v) is 1.28. The zero-order chi connectivity index (χ0) is 11.5. The normalized spacial score (nSPS) is 10.1. The Hall–Kier alpha value is -2.30. The minimum Gasteiger partial charge on any atom is -0.477 e. The third-order valence-electron chi connectivity index (χ3n) is 2.07. The molecular weight excluding hydrogens is 206 g/mol. The third-order valence-corrected chi connectivity index (χ3v) is 2.07. The molecule has 5 heteroatoms. The van der Waals surface area contributed by atoms with Gasteiger partial charge < -0.3 is 5.11 Å². The molecule has 0 radical (unpaired) electrons. The van der Waals surface area contributed by atoms with Crippen LogP contribution in [-0.4, -0.2) is 26.0 Å². The average Bonchev–Trinajstić information content (AvgIpc) is 2.30. The van der Waals surface area contributed by atoms with E-state index in [0.717, 1.165) is 0 Å². The first-order valence-electron chi connectivity index (χ1n) is 4.67. The van der Waals surface area contributed by atoms with Gasteiger partial charge in [0.05, 0.1) is 0 Å². The van der Waals surface area contributed by atoms with Crippen LogP contribution < -0.4 is 0 Å². The molecule has 5 nitrogen and oxygen atoms in total. The van der Waals surface area contributed by atoms with Crippen LogP contribution in [0.3, 0.4) is 0 Å². The quantitative estimate of drug-likeness (QED) is 0.822. The van der Waals surface area contributed by atoms with Crippen molar-refractivity contribution in [1.29, 1.82) is 0 Å². The van der Waals surface area contributed by atoms with Gasteiger partial charge >= 0.3 is 5.97 Å². The second-order valence-corrected chi connectivity index (χ2v) is 3.25. The molecule has 0 spiro atoms. The number of aromatic nitrogens is 3. The van der Waals surface area contributed by atoms with E-state index in [4.69, 9.17) is 5.11 Å². The molecule has 80 valence electrons. The zero-order valence-corrected chi connectivity index (χ0v) is 8.58. The van der Waals surface area contributed by atoms with E-state index >= 15 is 0 Å². The fourth-order valence-electron chi connectivity index (χ4n) is 1.28. The number of hydrogen-bond donors (Lipinski definition) is 1. The van der Waals surface area contributed by atoms with E-state index in [1.807, 2.05) is 0 Å². The van der Waals surface area contributed by atoms with Crippen molar-refractivity contribution in [3.05, 3.63) is 41.9 Å². The van der Waals surface area contributed by atoms with Crippen molar-refractivity contribution >= 4 is 5.97 Å². The molecule has 2 aromatic heterocycles. The highest BCUT2D eigenvalue weighted by Gasteiger charge is 2.12. The first-order valence-corrected chi connectivity index (χ1v) is 4.67. The van der Waals surface area contributed by atoms with Crippen molar-refractivity contribution in [3.8, 4) is 11.5 Å². The van der Waals surface area contributed by atoms with E-state index in [2.05, 4.69) is 15.0 Å². The number of carboxylic acids is 1. The molecule has 0 amide bonds. The van der Waals surface area contributed by atoms with Crippen LogP contribution in [0.1, 0.15) is 16.1 Å². The monoisotopic (exact) mass is 215 g/mol. The van der Waals surface area contributed by atoms with Crippen LogP contribution >= 0.6 is 0 Å². The average molecular weight is 215 g/mol. The van der Waals surface area contributed by atoms with Crippen LogP contribution in [0.25, 0.3) is 11.5 Å². The predicted molar refractivity (Wildman–Crippen MR) is 57.0 cm³/mol. The molecule has 2 heterocycles. The standard InChI is InChI=1S/C11H9N3O2/c1-7-6-13-10(14-9(7)11(15)16)8-4-2-3-5-12-8/h2-6H,1H3,(H,15,16). The maximum absolute atomic E-state index is 10.9. The van der Waals surface area contributed by atoms with Gasteiger partial charge in [0.2, 0.25) is 0 Å². The van der Waals surface area contributed by atoms with Gasteiger partial charge in [-0.05, 0) is 19.1 Å². The lowest BCUT2D eigenvalue weighted by Crippen LogP contribution is -2.06. The van der Waals surface area contributed by atoms with Gasteiger partial charge in [-0.3, -0.25) is 4.98 Å². The van der Waals surface area contributed by atoms with Crippen LogP contribution in [0.5, 0.6) is 0 Å². The molecule has 0 unspecified atom stereocenters. The highest BCUT2D eigenvalue weighted by atomic mass is 16.4. The Bertz CT molecular complexity index is 526. The van der Waals surface area contributed by atoms with Crippen molar-refractivity contribution in [2.45, 2.75) is 6.92 Å². The summed E-state index contributed by atoms with van der Waals surface area (Å²) in [7, 11) is 0. The first-order chi connectivity index (χ1) is 7.68. The van der Waals surface area contributed by atoms with Crippen LogP contribution in [0, 0.1) is 6.92 Å². The Morgan fingerprint density at radius 3 is 2.75 bits per heavy atom. The molecule has 0 bridgehead atoms. The predicted octanol–water partition coefficient (Wildman–Crippen LogP) is 1.55. The molecule has 2 rings (SSSR count). The zero-order valence-electron chi connectivity index (χ0n) is 8.58. The largest absolute Gasteiger partial charge is 0.477 e. The Balaban J connectivity index is 2.52. The van der Waals surface area contributed by atoms with Gasteiger partial charge in [-0.2, -0.15) is 0 Å². The number of hydrogen-bond acceptors (Lipinski definition) is 4. The summed E-state index contributed by atoms with van der Waals surface area (Å²) in [6.45, 7) is 1.66. The first kappa shape index (κ1) is 10.2. The molecule has 0 fully saturated rings. The van der Waals surface area contributed by atoms with Crippen LogP contribution in [0.15, 0.2) is 30.6 Å². The van der Waals surface area contributed by atoms with Crippen molar-refractivity contribution in [1.82, 2.24) is 15.0 Å². The Morgan fingerprint density at radius 2 is 2.12 bits per heavy atom. The maximum atomic E-state index is 10.9. The van der Waals surface area contributed by atoms with E-state index < -0.39 is 5.97 Å². The molecule has 16 heavy (non-hydrogen) atoms. The number of carboxylic acid groups (broad SMARTS) is 1. The third kappa shape index (κ3) is 1.88. The van der Waals surface area contributed by atoms with Gasteiger partial charge in [0.25, 0.3) is 0 Å². The summed E-state index contributed by atoms with van der Waals surface area (Å²) >= 11 is 0. The summed E-state index contributed by atoms with van der Waals surface area (Å²) in [6.07, 6.45) is 3.10. The van der Waals surface area contributed by atoms with E-state index in [-0.39, 0.29) is 5.69 Å². The molecule has 0 aromatic carbocycles. The molecule has 0 saturated carbocycles. The number of pyridine rings is 1. The second kappa shape index (κ2) is 4.06.